The van der Waals surface area contributed by atoms with E-state index in [9.17, 15) is 0 Å². The van der Waals surface area contributed by atoms with Gasteiger partial charge in [-0.3, -0.25) is 0 Å². The van der Waals surface area contributed by atoms with Gasteiger partial charge in [0.25, 0.3) is 0 Å². The van der Waals surface area contributed by atoms with Crippen molar-refractivity contribution in [2.75, 3.05) is 0 Å². The van der Waals surface area contributed by atoms with Crippen molar-refractivity contribution in [2.24, 2.45) is 22.7 Å². The maximum Gasteiger partial charge on any atom is -0.00485 e. The highest BCUT2D eigenvalue weighted by Gasteiger charge is 2.59. The molecule has 5 rings (SSSR count). The lowest BCUT2D eigenvalue weighted by Gasteiger charge is -2.47. The van der Waals surface area contributed by atoms with Gasteiger partial charge in [-0.05, 0) is 98.4 Å². The summed E-state index contributed by atoms with van der Waals surface area (Å²) in [6, 6.07) is 11.7. The van der Waals surface area contributed by atoms with Crippen LogP contribution in [0, 0.1) is 22.7 Å². The van der Waals surface area contributed by atoms with Gasteiger partial charge in [0.1, 0.15) is 0 Å². The average Bonchev–Trinajstić information content (AvgIpc) is 3.29. The molecule has 0 spiro atoms. The van der Waals surface area contributed by atoms with E-state index < -0.39 is 0 Å². The SMILES string of the molecule is c1ccc(C(C23CCC(CC2)C3)C23CCC(CC2)C3)cc1. The second-order valence-corrected chi connectivity index (χ2v) is 8.86. The van der Waals surface area contributed by atoms with E-state index in [0.717, 1.165) is 17.8 Å². The van der Waals surface area contributed by atoms with Gasteiger partial charge in [-0.15, -0.1) is 0 Å². The van der Waals surface area contributed by atoms with E-state index in [1.54, 1.807) is 18.4 Å². The van der Waals surface area contributed by atoms with Crippen LogP contribution in [0.4, 0.5) is 0 Å². The summed E-state index contributed by atoms with van der Waals surface area (Å²) in [5.74, 6) is 3.03. The first-order valence-corrected chi connectivity index (χ1v) is 9.35. The molecular weight excluding hydrogens is 252 g/mol. The molecule has 0 heteroatoms. The summed E-state index contributed by atoms with van der Waals surface area (Å²) in [4.78, 5) is 0. The molecule has 21 heavy (non-hydrogen) atoms. The van der Waals surface area contributed by atoms with E-state index in [-0.39, 0.29) is 0 Å². The molecule has 4 aliphatic rings. The van der Waals surface area contributed by atoms with Crippen molar-refractivity contribution in [1.29, 1.82) is 0 Å². The van der Waals surface area contributed by atoms with Crippen LogP contribution in [0.2, 0.25) is 0 Å². The molecule has 0 atom stereocenters. The van der Waals surface area contributed by atoms with Crippen LogP contribution in [0.3, 0.4) is 0 Å². The fourth-order valence-corrected chi connectivity index (χ4v) is 7.29. The third kappa shape index (κ3) is 1.74. The molecule has 1 aromatic carbocycles. The molecule has 0 N–H and O–H groups in total. The highest BCUT2D eigenvalue weighted by molar-refractivity contribution is 5.29. The van der Waals surface area contributed by atoms with Crippen molar-refractivity contribution in [3.63, 3.8) is 0 Å². The van der Waals surface area contributed by atoms with Crippen LogP contribution in [0.5, 0.6) is 0 Å². The van der Waals surface area contributed by atoms with Crippen LogP contribution in [0.1, 0.15) is 75.7 Å². The summed E-state index contributed by atoms with van der Waals surface area (Å²) >= 11 is 0. The largest absolute Gasteiger partial charge is 0.0622 e. The van der Waals surface area contributed by atoms with Gasteiger partial charge in [0.05, 0.1) is 0 Å². The average molecular weight is 280 g/mol. The number of rotatable bonds is 3. The van der Waals surface area contributed by atoms with Gasteiger partial charge in [-0.1, -0.05) is 30.3 Å². The Bertz CT molecular complexity index is 482. The van der Waals surface area contributed by atoms with E-state index in [1.807, 2.05) is 0 Å². The molecule has 0 nitrogen and oxygen atoms in total. The molecule has 4 aliphatic carbocycles. The maximum atomic E-state index is 2.46. The highest BCUT2D eigenvalue weighted by atomic mass is 14.6. The fraction of sp³-hybridized carbons (Fsp3) is 0.714. The lowest BCUT2D eigenvalue weighted by molar-refractivity contribution is 0.0917. The van der Waals surface area contributed by atoms with Crippen molar-refractivity contribution >= 4 is 0 Å². The zero-order chi connectivity index (χ0) is 13.9. The lowest BCUT2D eigenvalue weighted by Crippen LogP contribution is -2.37. The molecule has 0 unspecified atom stereocenters. The first-order chi connectivity index (χ1) is 10.3. The van der Waals surface area contributed by atoms with Crippen molar-refractivity contribution < 1.29 is 0 Å². The molecule has 0 saturated heterocycles. The van der Waals surface area contributed by atoms with E-state index in [2.05, 4.69) is 30.3 Å². The normalized spacial score (nSPS) is 45.3. The Morgan fingerprint density at radius 3 is 1.57 bits per heavy atom. The van der Waals surface area contributed by atoms with Crippen molar-refractivity contribution in [3.05, 3.63) is 35.9 Å². The molecule has 4 saturated carbocycles. The minimum atomic E-state index is 0.686. The van der Waals surface area contributed by atoms with Crippen LogP contribution in [-0.4, -0.2) is 0 Å². The van der Waals surface area contributed by atoms with Gasteiger partial charge in [0.2, 0.25) is 0 Å². The summed E-state index contributed by atoms with van der Waals surface area (Å²) in [7, 11) is 0. The summed E-state index contributed by atoms with van der Waals surface area (Å²) in [6.45, 7) is 0. The Kier molecular flexibility index (Phi) is 2.65. The lowest BCUT2D eigenvalue weighted by atomic mass is 9.57. The topological polar surface area (TPSA) is 0 Å². The van der Waals surface area contributed by atoms with E-state index in [4.69, 9.17) is 0 Å². The Morgan fingerprint density at radius 2 is 1.19 bits per heavy atom. The predicted octanol–water partition coefficient (Wildman–Crippen LogP) is 5.93. The molecule has 0 heterocycles. The molecule has 4 bridgehead atoms. The Morgan fingerprint density at radius 1 is 0.714 bits per heavy atom. The highest BCUT2D eigenvalue weighted by Crippen LogP contribution is 2.71. The first-order valence-electron chi connectivity index (χ1n) is 9.35. The zero-order valence-corrected chi connectivity index (χ0v) is 13.2. The molecule has 0 amide bonds. The van der Waals surface area contributed by atoms with Gasteiger partial charge < -0.3 is 0 Å². The number of hydrogen-bond acceptors (Lipinski definition) is 0. The molecule has 0 radical (unpaired) electrons. The fourth-order valence-electron chi connectivity index (χ4n) is 7.29. The predicted molar refractivity (Wildman–Crippen MR) is 87.2 cm³/mol. The maximum absolute atomic E-state index is 2.46. The number of benzene rings is 1. The Balaban J connectivity index is 1.62. The molecular formula is C21H28. The van der Waals surface area contributed by atoms with E-state index >= 15 is 0 Å². The third-order valence-corrected chi connectivity index (χ3v) is 7.95. The quantitative estimate of drug-likeness (QED) is 0.643. The van der Waals surface area contributed by atoms with Gasteiger partial charge in [0, 0.05) is 0 Å². The zero-order valence-electron chi connectivity index (χ0n) is 13.2. The molecule has 0 aromatic heterocycles. The van der Waals surface area contributed by atoms with Crippen LogP contribution in [-0.2, 0) is 0 Å². The monoisotopic (exact) mass is 280 g/mol. The van der Waals surface area contributed by atoms with Crippen LogP contribution in [0.15, 0.2) is 30.3 Å². The van der Waals surface area contributed by atoms with Gasteiger partial charge in [0.15, 0.2) is 0 Å². The summed E-state index contributed by atoms with van der Waals surface area (Å²) in [5.41, 5.74) is 3.07. The molecule has 1 aromatic rings. The minimum absolute atomic E-state index is 0.686. The first kappa shape index (κ1) is 12.7. The second-order valence-electron chi connectivity index (χ2n) is 8.86. The van der Waals surface area contributed by atoms with Gasteiger partial charge >= 0.3 is 0 Å². The molecule has 4 fully saturated rings. The van der Waals surface area contributed by atoms with Crippen LogP contribution >= 0.6 is 0 Å². The molecule has 0 aliphatic heterocycles. The summed E-state index contributed by atoms with van der Waals surface area (Å²) in [5, 5.41) is 0. The van der Waals surface area contributed by atoms with Crippen LogP contribution in [0.25, 0.3) is 0 Å². The number of fused-ring (bicyclic) bond motifs is 4. The van der Waals surface area contributed by atoms with Gasteiger partial charge in [-0.2, -0.15) is 0 Å². The van der Waals surface area contributed by atoms with E-state index in [0.29, 0.717) is 10.8 Å². The van der Waals surface area contributed by atoms with Gasteiger partial charge in [-0.25, -0.2) is 0 Å². The minimum Gasteiger partial charge on any atom is -0.0622 e. The van der Waals surface area contributed by atoms with Crippen LogP contribution < -0.4 is 0 Å². The smallest absolute Gasteiger partial charge is 0.00485 e. The summed E-state index contributed by atoms with van der Waals surface area (Å²) in [6.07, 6.45) is 15.4. The van der Waals surface area contributed by atoms with E-state index in [1.165, 1.54) is 51.4 Å². The Labute approximate surface area is 129 Å². The Hall–Kier alpha value is -0.780. The number of hydrogen-bond donors (Lipinski definition) is 0. The third-order valence-electron chi connectivity index (χ3n) is 7.95. The van der Waals surface area contributed by atoms with Crippen molar-refractivity contribution in [2.45, 2.75) is 70.1 Å². The molecule has 112 valence electrons. The van der Waals surface area contributed by atoms with Crippen molar-refractivity contribution in [3.8, 4) is 0 Å². The van der Waals surface area contributed by atoms with Crippen molar-refractivity contribution in [1.82, 2.24) is 0 Å². The standard InChI is InChI=1S/C21H28/c1-2-4-18(5-3-1)19(20-10-6-16(14-20)7-11-20)21-12-8-17(15-21)9-13-21/h1-5,16-17,19H,6-15H2. The second kappa shape index (κ2) is 4.37. The summed E-state index contributed by atoms with van der Waals surface area (Å²) < 4.78 is 0.